The van der Waals surface area contributed by atoms with Crippen molar-refractivity contribution in [2.24, 2.45) is 0 Å². The Labute approximate surface area is 175 Å². The molecule has 4 aromatic rings. The smallest absolute Gasteiger partial charge is 0.175 e. The minimum Gasteiger partial charge on any atom is -0.300 e. The number of rotatable bonds is 5. The van der Waals surface area contributed by atoms with Gasteiger partial charge >= 0.3 is 0 Å². The summed E-state index contributed by atoms with van der Waals surface area (Å²) >= 11 is 6.05. The Hall–Kier alpha value is -2.89. The molecule has 0 aliphatic carbocycles. The van der Waals surface area contributed by atoms with Crippen LogP contribution >= 0.6 is 11.6 Å². The highest BCUT2D eigenvalue weighted by molar-refractivity contribution is 7.90. The molecular weight excluding hydrogens is 404 g/mol. The zero-order valence-corrected chi connectivity index (χ0v) is 17.4. The van der Waals surface area contributed by atoms with Crippen LogP contribution in [0.4, 0.5) is 0 Å². The van der Waals surface area contributed by atoms with E-state index in [-0.39, 0.29) is 4.90 Å². The molecule has 4 nitrogen and oxygen atoms in total. The fraction of sp³-hybridized carbons (Fsp3) is 0.0870. The summed E-state index contributed by atoms with van der Waals surface area (Å²) in [6.45, 7) is 0. The Balaban J connectivity index is 1.79. The summed E-state index contributed by atoms with van der Waals surface area (Å²) in [5, 5.41) is 0.664. The van der Waals surface area contributed by atoms with Crippen molar-refractivity contribution in [1.29, 1.82) is 0 Å². The first-order valence-corrected chi connectivity index (χ1v) is 11.4. The van der Waals surface area contributed by atoms with E-state index in [2.05, 4.69) is 12.1 Å². The van der Waals surface area contributed by atoms with E-state index in [4.69, 9.17) is 16.6 Å². The van der Waals surface area contributed by atoms with Gasteiger partial charge in [-0.05, 0) is 54.1 Å². The Bertz CT molecular complexity index is 1230. The van der Waals surface area contributed by atoms with Crippen LogP contribution in [0.2, 0.25) is 5.02 Å². The maximum absolute atomic E-state index is 11.8. The predicted molar refractivity (Wildman–Crippen MR) is 116 cm³/mol. The number of nitrogens with zero attached hydrogens (tertiary/aromatic N) is 2. The molecule has 1 heterocycles. The Morgan fingerprint density at radius 3 is 2.17 bits per heavy atom. The van der Waals surface area contributed by atoms with E-state index >= 15 is 0 Å². The second kappa shape index (κ2) is 7.85. The Kier molecular flexibility index (Phi) is 5.26. The van der Waals surface area contributed by atoms with Gasteiger partial charge in [-0.2, -0.15) is 0 Å². The number of imidazole rings is 1. The molecule has 1 aromatic heterocycles. The molecular formula is C23H19ClN2O2S. The van der Waals surface area contributed by atoms with Gasteiger partial charge in [-0.25, -0.2) is 13.4 Å². The summed E-state index contributed by atoms with van der Waals surface area (Å²) in [5.41, 5.74) is 3.87. The summed E-state index contributed by atoms with van der Waals surface area (Å²) in [6.07, 6.45) is 3.92. The van der Waals surface area contributed by atoms with E-state index in [0.29, 0.717) is 11.4 Å². The average Bonchev–Trinajstić information content (AvgIpc) is 3.12. The molecule has 4 rings (SSSR count). The molecule has 0 atom stereocenters. The van der Waals surface area contributed by atoms with Gasteiger partial charge in [-0.15, -0.1) is 0 Å². The number of halogens is 1. The lowest BCUT2D eigenvalue weighted by atomic mass is 10.1. The van der Waals surface area contributed by atoms with E-state index in [9.17, 15) is 8.42 Å². The third-order valence-electron chi connectivity index (χ3n) is 4.63. The highest BCUT2D eigenvalue weighted by Crippen LogP contribution is 2.26. The van der Waals surface area contributed by atoms with Crippen LogP contribution in [0.1, 0.15) is 11.3 Å². The average molecular weight is 423 g/mol. The molecule has 6 heteroatoms. The van der Waals surface area contributed by atoms with Crippen molar-refractivity contribution < 1.29 is 8.42 Å². The highest BCUT2D eigenvalue weighted by atomic mass is 35.5. The fourth-order valence-electron chi connectivity index (χ4n) is 3.17. The Morgan fingerprint density at radius 1 is 0.897 bits per heavy atom. The maximum atomic E-state index is 11.8. The van der Waals surface area contributed by atoms with Crippen molar-refractivity contribution in [2.45, 2.75) is 11.3 Å². The van der Waals surface area contributed by atoms with Crippen molar-refractivity contribution >= 4 is 21.4 Å². The number of hydrogen-bond acceptors (Lipinski definition) is 3. The van der Waals surface area contributed by atoms with Crippen molar-refractivity contribution in [2.75, 3.05) is 6.26 Å². The fourth-order valence-corrected chi connectivity index (χ4v) is 3.93. The molecule has 0 fully saturated rings. The van der Waals surface area contributed by atoms with E-state index in [1.54, 1.807) is 24.3 Å². The van der Waals surface area contributed by atoms with Crippen molar-refractivity contribution in [3.8, 4) is 17.1 Å². The van der Waals surface area contributed by atoms with Crippen molar-refractivity contribution in [1.82, 2.24) is 9.55 Å². The quantitative estimate of drug-likeness (QED) is 0.445. The van der Waals surface area contributed by atoms with Gasteiger partial charge in [0.05, 0.1) is 10.6 Å². The Morgan fingerprint density at radius 2 is 1.55 bits per heavy atom. The molecule has 0 saturated heterocycles. The van der Waals surface area contributed by atoms with E-state index in [1.165, 1.54) is 11.8 Å². The molecule has 3 aromatic carbocycles. The van der Waals surface area contributed by atoms with Crippen LogP contribution in [0.25, 0.3) is 17.1 Å². The zero-order chi connectivity index (χ0) is 20.4. The molecule has 29 heavy (non-hydrogen) atoms. The zero-order valence-electron chi connectivity index (χ0n) is 15.8. The molecule has 0 bridgehead atoms. The minimum absolute atomic E-state index is 0.287. The van der Waals surface area contributed by atoms with Gasteiger partial charge < -0.3 is 0 Å². The lowest BCUT2D eigenvalue weighted by molar-refractivity contribution is 0.602. The van der Waals surface area contributed by atoms with E-state index in [0.717, 1.165) is 22.8 Å². The second-order valence-corrected chi connectivity index (χ2v) is 9.31. The number of aromatic nitrogens is 2. The van der Waals surface area contributed by atoms with Gasteiger partial charge in [0.25, 0.3) is 0 Å². The molecule has 0 amide bonds. The topological polar surface area (TPSA) is 52.0 Å². The molecule has 0 unspecified atom stereocenters. The van der Waals surface area contributed by atoms with Gasteiger partial charge in [0.15, 0.2) is 9.84 Å². The van der Waals surface area contributed by atoms with Gasteiger partial charge in [-0.3, -0.25) is 4.57 Å². The van der Waals surface area contributed by atoms with E-state index in [1.807, 2.05) is 53.2 Å². The third kappa shape index (κ3) is 4.42. The van der Waals surface area contributed by atoms with Crippen LogP contribution in [0, 0.1) is 0 Å². The van der Waals surface area contributed by atoms with Crippen LogP contribution in [0.5, 0.6) is 0 Å². The number of hydrogen-bond donors (Lipinski definition) is 0. The molecule has 0 aliphatic rings. The largest absolute Gasteiger partial charge is 0.300 e. The summed E-state index contributed by atoms with van der Waals surface area (Å²) in [6, 6.07) is 24.5. The standard InChI is InChI=1S/C23H19ClN2O2S/c1-29(27,28)22-13-7-18(8-14-22)23-25-20(15-17-5-3-2-4-6-17)16-26(23)21-11-9-19(24)10-12-21/h2-14,16H,15H2,1H3. The normalized spacial score (nSPS) is 11.5. The van der Waals surface area contributed by atoms with Gasteiger partial charge in [0, 0.05) is 35.1 Å². The lowest BCUT2D eigenvalue weighted by Crippen LogP contribution is -1.98. The first kappa shape index (κ1) is 19.4. The van der Waals surface area contributed by atoms with Crippen molar-refractivity contribution in [3.63, 3.8) is 0 Å². The maximum Gasteiger partial charge on any atom is 0.175 e. The second-order valence-electron chi connectivity index (χ2n) is 6.86. The number of sulfone groups is 1. The van der Waals surface area contributed by atoms with Crippen molar-refractivity contribution in [3.05, 3.63) is 101 Å². The molecule has 0 aliphatic heterocycles. The first-order valence-electron chi connectivity index (χ1n) is 9.09. The highest BCUT2D eigenvalue weighted by Gasteiger charge is 2.14. The van der Waals surface area contributed by atoms with E-state index < -0.39 is 9.84 Å². The van der Waals surface area contributed by atoms with Crippen LogP contribution in [0.3, 0.4) is 0 Å². The third-order valence-corrected chi connectivity index (χ3v) is 6.01. The SMILES string of the molecule is CS(=O)(=O)c1ccc(-c2nc(Cc3ccccc3)cn2-c2ccc(Cl)cc2)cc1. The van der Waals surface area contributed by atoms with Gasteiger partial charge in [0.2, 0.25) is 0 Å². The summed E-state index contributed by atoms with van der Waals surface area (Å²) in [4.78, 5) is 5.13. The monoisotopic (exact) mass is 422 g/mol. The van der Waals surface area contributed by atoms with Gasteiger partial charge in [-0.1, -0.05) is 41.9 Å². The van der Waals surface area contributed by atoms with Crippen LogP contribution in [-0.4, -0.2) is 24.2 Å². The summed E-state index contributed by atoms with van der Waals surface area (Å²) in [5.74, 6) is 0.748. The summed E-state index contributed by atoms with van der Waals surface area (Å²) in [7, 11) is -3.25. The van der Waals surface area contributed by atoms with Crippen LogP contribution in [-0.2, 0) is 16.3 Å². The molecule has 0 saturated carbocycles. The van der Waals surface area contributed by atoms with Gasteiger partial charge in [0.1, 0.15) is 5.82 Å². The lowest BCUT2D eigenvalue weighted by Gasteiger charge is -2.08. The molecule has 0 spiro atoms. The number of benzene rings is 3. The molecule has 0 radical (unpaired) electrons. The predicted octanol–water partition coefficient (Wildman–Crippen LogP) is 5.19. The first-order chi connectivity index (χ1) is 13.9. The molecule has 0 N–H and O–H groups in total. The minimum atomic E-state index is -3.25. The van der Waals surface area contributed by atoms with Crippen LogP contribution in [0.15, 0.2) is 90.0 Å². The van der Waals surface area contributed by atoms with Crippen LogP contribution < -0.4 is 0 Å². The molecule has 146 valence electrons. The summed E-state index contributed by atoms with van der Waals surface area (Å²) < 4.78 is 25.6.